The highest BCUT2D eigenvalue weighted by molar-refractivity contribution is 5.95. The molecular weight excluding hydrogens is 380 g/mol. The van der Waals surface area contributed by atoms with Gasteiger partial charge >= 0.3 is 0 Å². The SMILES string of the molecule is Cc1nn(C)c(C)c1NC(=O)[C@@H](C)N1CCN(Cc2nnc3n2CCCCC3)CC1. The van der Waals surface area contributed by atoms with Crippen LogP contribution in [0.3, 0.4) is 0 Å². The zero-order valence-electron chi connectivity index (χ0n) is 18.7. The predicted molar refractivity (Wildman–Crippen MR) is 115 cm³/mol. The van der Waals surface area contributed by atoms with Crippen LogP contribution in [0.4, 0.5) is 5.69 Å². The van der Waals surface area contributed by atoms with Gasteiger partial charge in [0.05, 0.1) is 29.7 Å². The molecular formula is C21H34N8O. The summed E-state index contributed by atoms with van der Waals surface area (Å²) < 4.78 is 4.13. The Morgan fingerprint density at radius 1 is 1.07 bits per heavy atom. The van der Waals surface area contributed by atoms with Gasteiger partial charge in [0.2, 0.25) is 5.91 Å². The molecule has 2 aliphatic rings. The Labute approximate surface area is 178 Å². The number of carbonyl (C=O) groups is 1. The van der Waals surface area contributed by atoms with E-state index in [-0.39, 0.29) is 11.9 Å². The van der Waals surface area contributed by atoms with E-state index in [1.165, 1.54) is 19.3 Å². The normalized spacial score (nSPS) is 19.3. The largest absolute Gasteiger partial charge is 0.322 e. The predicted octanol–water partition coefficient (Wildman–Crippen LogP) is 1.50. The second kappa shape index (κ2) is 8.85. The number of fused-ring (bicyclic) bond motifs is 1. The number of nitrogens with zero attached hydrogens (tertiary/aromatic N) is 7. The molecule has 0 radical (unpaired) electrons. The number of carbonyl (C=O) groups excluding carboxylic acids is 1. The molecule has 1 atom stereocenters. The highest BCUT2D eigenvalue weighted by Crippen LogP contribution is 2.20. The molecule has 4 rings (SSSR count). The third-order valence-electron chi connectivity index (χ3n) is 6.64. The number of rotatable bonds is 5. The van der Waals surface area contributed by atoms with Gasteiger partial charge in [-0.05, 0) is 33.6 Å². The summed E-state index contributed by atoms with van der Waals surface area (Å²) >= 11 is 0. The Morgan fingerprint density at radius 2 is 1.83 bits per heavy atom. The van der Waals surface area contributed by atoms with Crippen molar-refractivity contribution in [3.05, 3.63) is 23.0 Å². The van der Waals surface area contributed by atoms with E-state index in [4.69, 9.17) is 0 Å². The summed E-state index contributed by atoms with van der Waals surface area (Å²) in [6.07, 6.45) is 4.76. The van der Waals surface area contributed by atoms with Gasteiger partial charge in [-0.15, -0.1) is 10.2 Å². The topological polar surface area (TPSA) is 84.1 Å². The summed E-state index contributed by atoms with van der Waals surface area (Å²) in [5.41, 5.74) is 2.67. The van der Waals surface area contributed by atoms with Gasteiger partial charge in [-0.25, -0.2) is 0 Å². The first-order chi connectivity index (χ1) is 14.4. The van der Waals surface area contributed by atoms with E-state index in [9.17, 15) is 4.79 Å². The molecule has 9 heteroatoms. The molecule has 1 amide bonds. The van der Waals surface area contributed by atoms with Crippen LogP contribution in [0, 0.1) is 13.8 Å². The van der Waals surface area contributed by atoms with E-state index in [0.29, 0.717) is 0 Å². The number of aryl methyl sites for hydroxylation is 3. The molecule has 1 saturated heterocycles. The van der Waals surface area contributed by atoms with Crippen molar-refractivity contribution in [2.45, 2.75) is 65.6 Å². The van der Waals surface area contributed by atoms with Crippen LogP contribution in [0.15, 0.2) is 0 Å². The van der Waals surface area contributed by atoms with E-state index < -0.39 is 0 Å². The highest BCUT2D eigenvalue weighted by Gasteiger charge is 2.27. The van der Waals surface area contributed by atoms with Crippen molar-refractivity contribution in [3.8, 4) is 0 Å². The maximum absolute atomic E-state index is 12.8. The van der Waals surface area contributed by atoms with Crippen LogP contribution >= 0.6 is 0 Å². The van der Waals surface area contributed by atoms with Gasteiger partial charge in [-0.1, -0.05) is 6.42 Å². The minimum atomic E-state index is -0.171. The maximum Gasteiger partial charge on any atom is 0.241 e. The summed E-state index contributed by atoms with van der Waals surface area (Å²) in [7, 11) is 1.90. The van der Waals surface area contributed by atoms with Crippen molar-refractivity contribution in [3.63, 3.8) is 0 Å². The molecule has 2 aromatic rings. The molecule has 2 aliphatic heterocycles. The van der Waals surface area contributed by atoms with Gasteiger partial charge in [0.1, 0.15) is 11.6 Å². The summed E-state index contributed by atoms with van der Waals surface area (Å²) in [5.74, 6) is 2.27. The molecule has 1 N–H and O–H groups in total. The Hall–Kier alpha value is -2.26. The molecule has 0 aliphatic carbocycles. The zero-order valence-corrected chi connectivity index (χ0v) is 18.7. The Balaban J connectivity index is 1.31. The van der Waals surface area contributed by atoms with Crippen molar-refractivity contribution in [1.29, 1.82) is 0 Å². The first-order valence-corrected chi connectivity index (χ1v) is 11.1. The van der Waals surface area contributed by atoms with Crippen molar-refractivity contribution in [2.75, 3.05) is 31.5 Å². The Morgan fingerprint density at radius 3 is 2.53 bits per heavy atom. The lowest BCUT2D eigenvalue weighted by atomic mass is 10.2. The van der Waals surface area contributed by atoms with Gasteiger partial charge in [-0.3, -0.25) is 19.3 Å². The number of hydrogen-bond acceptors (Lipinski definition) is 6. The quantitative estimate of drug-likeness (QED) is 0.798. The lowest BCUT2D eigenvalue weighted by molar-refractivity contribution is -0.121. The summed E-state index contributed by atoms with van der Waals surface area (Å²) in [6.45, 7) is 11.4. The van der Waals surface area contributed by atoms with Gasteiger partial charge < -0.3 is 9.88 Å². The monoisotopic (exact) mass is 414 g/mol. The second-order valence-electron chi connectivity index (χ2n) is 8.64. The van der Waals surface area contributed by atoms with Gasteiger partial charge in [0.25, 0.3) is 0 Å². The third kappa shape index (κ3) is 4.27. The van der Waals surface area contributed by atoms with Crippen molar-refractivity contribution in [1.82, 2.24) is 34.3 Å². The molecule has 0 bridgehead atoms. The second-order valence-corrected chi connectivity index (χ2v) is 8.64. The van der Waals surface area contributed by atoms with Gasteiger partial charge in [0, 0.05) is 46.2 Å². The number of piperazine rings is 1. The van der Waals surface area contributed by atoms with E-state index in [1.54, 1.807) is 4.68 Å². The number of hydrogen-bond donors (Lipinski definition) is 1. The van der Waals surface area contributed by atoms with Crippen LogP contribution in [0.25, 0.3) is 0 Å². The number of amides is 1. The van der Waals surface area contributed by atoms with Crippen LogP contribution in [0.1, 0.15) is 49.2 Å². The molecule has 0 saturated carbocycles. The maximum atomic E-state index is 12.8. The molecule has 2 aromatic heterocycles. The van der Waals surface area contributed by atoms with Crippen LogP contribution in [0.5, 0.6) is 0 Å². The van der Waals surface area contributed by atoms with E-state index >= 15 is 0 Å². The van der Waals surface area contributed by atoms with Gasteiger partial charge in [0.15, 0.2) is 0 Å². The first-order valence-electron chi connectivity index (χ1n) is 11.1. The van der Waals surface area contributed by atoms with Crippen LogP contribution < -0.4 is 5.32 Å². The minimum Gasteiger partial charge on any atom is -0.322 e. The number of anilines is 1. The Kier molecular flexibility index (Phi) is 6.19. The van der Waals surface area contributed by atoms with E-state index in [1.807, 2.05) is 27.8 Å². The molecule has 0 spiro atoms. The van der Waals surface area contributed by atoms with Crippen LogP contribution in [-0.2, 0) is 31.4 Å². The summed E-state index contributed by atoms with van der Waals surface area (Å²) in [5, 5.41) is 16.4. The van der Waals surface area contributed by atoms with Crippen LogP contribution in [0.2, 0.25) is 0 Å². The third-order valence-corrected chi connectivity index (χ3v) is 6.64. The average molecular weight is 415 g/mol. The molecule has 1 fully saturated rings. The average Bonchev–Trinajstić information content (AvgIpc) is 3.10. The van der Waals surface area contributed by atoms with E-state index in [2.05, 4.69) is 35.0 Å². The minimum absolute atomic E-state index is 0.0328. The van der Waals surface area contributed by atoms with Gasteiger partial charge in [-0.2, -0.15) is 5.10 Å². The van der Waals surface area contributed by atoms with E-state index in [0.717, 1.165) is 74.4 Å². The molecule has 164 valence electrons. The smallest absolute Gasteiger partial charge is 0.241 e. The summed E-state index contributed by atoms with van der Waals surface area (Å²) in [4.78, 5) is 17.5. The fraction of sp³-hybridized carbons (Fsp3) is 0.714. The molecule has 4 heterocycles. The zero-order chi connectivity index (χ0) is 21.3. The highest BCUT2D eigenvalue weighted by atomic mass is 16.2. The van der Waals surface area contributed by atoms with Crippen molar-refractivity contribution >= 4 is 11.6 Å². The lowest BCUT2D eigenvalue weighted by Crippen LogP contribution is -2.52. The Bertz CT molecular complexity index is 893. The van der Waals surface area contributed by atoms with Crippen molar-refractivity contribution in [2.24, 2.45) is 7.05 Å². The first kappa shape index (κ1) is 21.0. The van der Waals surface area contributed by atoms with Crippen LogP contribution in [-0.4, -0.2) is 72.5 Å². The molecule has 0 unspecified atom stereocenters. The fourth-order valence-electron chi connectivity index (χ4n) is 4.52. The molecule has 30 heavy (non-hydrogen) atoms. The molecule has 9 nitrogen and oxygen atoms in total. The summed E-state index contributed by atoms with van der Waals surface area (Å²) in [6, 6.07) is -0.171. The number of nitrogens with one attached hydrogen (secondary N) is 1. The lowest BCUT2D eigenvalue weighted by Gasteiger charge is -2.37. The standard InChI is InChI=1S/C21H34N8O/c1-15-20(16(2)26(4)25-15)22-21(30)17(3)28-12-10-27(11-13-28)14-19-24-23-18-8-6-5-7-9-29(18)19/h17H,5-14H2,1-4H3,(H,22,30)/t17-/m1/s1. The van der Waals surface area contributed by atoms with Crippen molar-refractivity contribution < 1.29 is 4.79 Å². The number of aromatic nitrogens is 5. The fourth-order valence-corrected chi connectivity index (χ4v) is 4.52. The molecule has 0 aromatic carbocycles.